The van der Waals surface area contributed by atoms with Gasteiger partial charge in [-0.25, -0.2) is 0 Å². The number of nitrogens with two attached hydrogens (primary N) is 1. The van der Waals surface area contributed by atoms with Crippen LogP contribution in [-0.4, -0.2) is 11.7 Å². The zero-order valence-corrected chi connectivity index (χ0v) is 5.66. The Hall–Kier alpha value is -0.341. The molecular weight excluding hydrogens is 149 g/mol. The molecule has 0 saturated heterocycles. The van der Waals surface area contributed by atoms with Crippen LogP contribution in [0.25, 0.3) is 0 Å². The summed E-state index contributed by atoms with van der Waals surface area (Å²) < 4.78 is 0. The Kier molecular flexibility index (Phi) is 6.38. The summed E-state index contributed by atoms with van der Waals surface area (Å²) in [6, 6.07) is 0. The van der Waals surface area contributed by atoms with Gasteiger partial charge in [-0.05, 0) is 6.92 Å². The average Bonchev–Trinajstić information content (AvgIpc) is 1.27. The second-order valence-corrected chi connectivity index (χ2v) is 1.35. The first kappa shape index (κ1) is 10.6. The predicted molar refractivity (Wildman–Crippen MR) is 24.5 cm³/mol. The summed E-state index contributed by atoms with van der Waals surface area (Å²) in [5, 5.41) is 0. The van der Waals surface area contributed by atoms with Crippen molar-refractivity contribution in [2.45, 2.75) is 13.3 Å². The van der Waals surface area contributed by atoms with Gasteiger partial charge in [0.25, 0.3) is 0 Å². The molecular formula is C4H7MnNO2+3. The Morgan fingerprint density at radius 2 is 1.88 bits per heavy atom. The Bertz CT molecular complexity index is 90.2. The van der Waals surface area contributed by atoms with Crippen LogP contribution in [0.2, 0.25) is 0 Å². The largest absolute Gasteiger partial charge is 3.00 e. The molecule has 0 fully saturated rings. The van der Waals surface area contributed by atoms with Gasteiger partial charge in [-0.3, -0.25) is 9.59 Å². The standard InChI is InChI=1S/C4H7NO2.Mn/c1-3(6)2-4(5)7;/h2H2,1H3,(H2,5,7);/q;+3. The van der Waals surface area contributed by atoms with E-state index in [9.17, 15) is 9.59 Å². The first-order valence-electron chi connectivity index (χ1n) is 1.90. The van der Waals surface area contributed by atoms with E-state index in [-0.39, 0.29) is 29.3 Å². The molecule has 1 amide bonds. The molecule has 3 nitrogen and oxygen atoms in total. The molecule has 0 spiro atoms. The number of rotatable bonds is 2. The summed E-state index contributed by atoms with van der Waals surface area (Å²) in [6.07, 6.45) is -0.139. The normalized spacial score (nSPS) is 7.12. The van der Waals surface area contributed by atoms with Gasteiger partial charge in [0.05, 0.1) is 6.42 Å². The number of amides is 1. The summed E-state index contributed by atoms with van der Waals surface area (Å²) in [6.45, 7) is 1.32. The smallest absolute Gasteiger partial charge is 0.369 e. The first-order chi connectivity index (χ1) is 3.13. The van der Waals surface area contributed by atoms with E-state index in [0.29, 0.717) is 0 Å². The number of ketones is 1. The predicted octanol–water partition coefficient (Wildman–Crippen LogP) is -0.552. The maximum atomic E-state index is 9.95. The van der Waals surface area contributed by atoms with Crippen molar-refractivity contribution in [3.8, 4) is 0 Å². The number of Topliss-reactive ketones (excluding diaryl/α,β-unsaturated/α-hetero) is 1. The minimum atomic E-state index is -0.562. The minimum Gasteiger partial charge on any atom is -0.369 e. The van der Waals surface area contributed by atoms with Gasteiger partial charge in [-0.1, -0.05) is 0 Å². The second kappa shape index (κ2) is 4.81. The maximum Gasteiger partial charge on any atom is 3.00 e. The fourth-order valence-electron chi connectivity index (χ4n) is 0.245. The van der Waals surface area contributed by atoms with E-state index in [1.54, 1.807) is 0 Å². The van der Waals surface area contributed by atoms with Gasteiger partial charge in [0.1, 0.15) is 5.78 Å². The summed E-state index contributed by atoms with van der Waals surface area (Å²) in [5.41, 5.74) is 4.63. The van der Waals surface area contributed by atoms with Crippen molar-refractivity contribution in [3.05, 3.63) is 0 Å². The Labute approximate surface area is 58.1 Å². The minimum absolute atomic E-state index is 0. The topological polar surface area (TPSA) is 60.2 Å². The molecule has 0 aromatic rings. The van der Waals surface area contributed by atoms with Gasteiger partial charge >= 0.3 is 17.1 Å². The van der Waals surface area contributed by atoms with Crippen LogP contribution in [0.3, 0.4) is 0 Å². The summed E-state index contributed by atoms with van der Waals surface area (Å²) in [5.74, 6) is -0.750. The van der Waals surface area contributed by atoms with Crippen LogP contribution in [0.4, 0.5) is 0 Å². The molecule has 4 heteroatoms. The van der Waals surface area contributed by atoms with E-state index in [2.05, 4.69) is 5.73 Å². The summed E-state index contributed by atoms with van der Waals surface area (Å²) in [7, 11) is 0. The molecule has 0 rings (SSSR count). The van der Waals surface area contributed by atoms with Gasteiger partial charge in [-0.15, -0.1) is 0 Å². The number of carbonyl (C=O) groups excluding carboxylic acids is 2. The van der Waals surface area contributed by atoms with E-state index in [1.807, 2.05) is 0 Å². The Morgan fingerprint density at radius 3 is 1.88 bits per heavy atom. The fourth-order valence-corrected chi connectivity index (χ4v) is 0.245. The van der Waals surface area contributed by atoms with Crippen molar-refractivity contribution in [3.63, 3.8) is 0 Å². The third-order valence-electron chi connectivity index (χ3n) is 0.423. The molecule has 0 aliphatic carbocycles. The van der Waals surface area contributed by atoms with Crippen LogP contribution in [0.15, 0.2) is 0 Å². The molecule has 0 aromatic heterocycles. The average molecular weight is 156 g/mol. The maximum absolute atomic E-state index is 9.95. The molecule has 0 heterocycles. The van der Waals surface area contributed by atoms with Gasteiger partial charge in [-0.2, -0.15) is 0 Å². The molecule has 0 aliphatic heterocycles. The summed E-state index contributed by atoms with van der Waals surface area (Å²) >= 11 is 0. The van der Waals surface area contributed by atoms with Crippen molar-refractivity contribution in [1.82, 2.24) is 0 Å². The zero-order valence-electron chi connectivity index (χ0n) is 4.48. The third kappa shape index (κ3) is 9.18. The number of carbonyl (C=O) groups is 2. The number of hydrogen-bond donors (Lipinski definition) is 1. The quantitative estimate of drug-likeness (QED) is 0.430. The first-order valence-corrected chi connectivity index (χ1v) is 1.90. The van der Waals surface area contributed by atoms with E-state index in [4.69, 9.17) is 0 Å². The SMILES string of the molecule is CC(=O)CC(N)=O.[Mn+3]. The zero-order chi connectivity index (χ0) is 5.86. The molecule has 0 atom stereocenters. The van der Waals surface area contributed by atoms with Crippen molar-refractivity contribution in [1.29, 1.82) is 0 Å². The van der Waals surface area contributed by atoms with Crippen LogP contribution < -0.4 is 5.73 Å². The van der Waals surface area contributed by atoms with Crippen LogP contribution in [0.5, 0.6) is 0 Å². The van der Waals surface area contributed by atoms with Crippen LogP contribution >= 0.6 is 0 Å². The molecule has 0 saturated carbocycles. The van der Waals surface area contributed by atoms with E-state index < -0.39 is 5.91 Å². The van der Waals surface area contributed by atoms with Crippen molar-refractivity contribution in [2.75, 3.05) is 0 Å². The van der Waals surface area contributed by atoms with Gasteiger partial charge in [0.2, 0.25) is 5.91 Å². The third-order valence-corrected chi connectivity index (χ3v) is 0.423. The molecule has 0 bridgehead atoms. The molecule has 8 heavy (non-hydrogen) atoms. The fraction of sp³-hybridized carbons (Fsp3) is 0.500. The van der Waals surface area contributed by atoms with Crippen LogP contribution in [0, 0.1) is 0 Å². The number of primary amides is 1. The molecule has 0 unspecified atom stereocenters. The Balaban J connectivity index is 0. The van der Waals surface area contributed by atoms with E-state index in [0.717, 1.165) is 0 Å². The molecule has 0 radical (unpaired) electrons. The van der Waals surface area contributed by atoms with Gasteiger partial charge in [0, 0.05) is 0 Å². The van der Waals surface area contributed by atoms with E-state index >= 15 is 0 Å². The number of hydrogen-bond acceptors (Lipinski definition) is 2. The Morgan fingerprint density at radius 1 is 1.50 bits per heavy atom. The van der Waals surface area contributed by atoms with Crippen LogP contribution in [0.1, 0.15) is 13.3 Å². The van der Waals surface area contributed by atoms with Crippen LogP contribution in [-0.2, 0) is 26.7 Å². The summed E-state index contributed by atoms with van der Waals surface area (Å²) in [4.78, 5) is 19.8. The van der Waals surface area contributed by atoms with Gasteiger partial charge in [0.15, 0.2) is 0 Å². The second-order valence-electron chi connectivity index (χ2n) is 1.35. The molecule has 2 N–H and O–H groups in total. The van der Waals surface area contributed by atoms with Crippen molar-refractivity contribution < 1.29 is 26.7 Å². The van der Waals surface area contributed by atoms with Crippen molar-refractivity contribution >= 4 is 11.7 Å². The van der Waals surface area contributed by atoms with Crippen molar-refractivity contribution in [2.24, 2.45) is 5.73 Å². The monoisotopic (exact) mass is 156 g/mol. The molecule has 0 aliphatic rings. The van der Waals surface area contributed by atoms with Gasteiger partial charge < -0.3 is 5.73 Å². The molecule has 0 aromatic carbocycles. The molecule has 44 valence electrons. The van der Waals surface area contributed by atoms with E-state index in [1.165, 1.54) is 6.92 Å².